The van der Waals surface area contributed by atoms with Gasteiger partial charge in [0.15, 0.2) is 5.84 Å². The lowest BCUT2D eigenvalue weighted by Crippen LogP contribution is -2.23. The van der Waals surface area contributed by atoms with Crippen LogP contribution in [-0.4, -0.2) is 29.1 Å². The van der Waals surface area contributed by atoms with Gasteiger partial charge in [0, 0.05) is 25.7 Å². The average Bonchev–Trinajstić information content (AvgIpc) is 3.22. The molecule has 3 rings (SSSR count). The highest BCUT2D eigenvalue weighted by Crippen LogP contribution is 2.30. The second kappa shape index (κ2) is 11.4. The Hall–Kier alpha value is -3.59. The van der Waals surface area contributed by atoms with Crippen LogP contribution in [-0.2, 0) is 17.9 Å². The maximum Gasteiger partial charge on any atom is 0.222 e. The van der Waals surface area contributed by atoms with Crippen molar-refractivity contribution in [2.24, 2.45) is 4.99 Å². The summed E-state index contributed by atoms with van der Waals surface area (Å²) in [6, 6.07) is 16.1. The fraction of sp³-hybridized carbons (Fsp3) is 0.292. The minimum Gasteiger partial charge on any atom is -0.334 e. The van der Waals surface area contributed by atoms with Crippen LogP contribution in [0.1, 0.15) is 49.8 Å². The lowest BCUT2D eigenvalue weighted by atomic mass is 9.97. The van der Waals surface area contributed by atoms with E-state index >= 15 is 0 Å². The first-order valence-electron chi connectivity index (χ1n) is 10.0. The summed E-state index contributed by atoms with van der Waals surface area (Å²) in [6.07, 6.45) is 5.04. The average molecular weight is 402 g/mol. The Balaban J connectivity index is 0.000000303. The van der Waals surface area contributed by atoms with E-state index in [4.69, 9.17) is 10.8 Å². The van der Waals surface area contributed by atoms with Crippen molar-refractivity contribution in [3.63, 3.8) is 0 Å². The van der Waals surface area contributed by atoms with Gasteiger partial charge in [-0.05, 0) is 40.8 Å². The number of benzene rings is 2. The predicted molar refractivity (Wildman–Crippen MR) is 121 cm³/mol. The third kappa shape index (κ3) is 5.95. The second-order valence-electron chi connectivity index (χ2n) is 6.87. The van der Waals surface area contributed by atoms with Gasteiger partial charge >= 0.3 is 0 Å². The molecular weight excluding hydrogens is 374 g/mol. The molecule has 0 aromatic heterocycles. The number of rotatable bonds is 5. The van der Waals surface area contributed by atoms with Crippen molar-refractivity contribution in [3.05, 3.63) is 59.2 Å². The molecule has 30 heavy (non-hydrogen) atoms. The second-order valence-corrected chi connectivity index (χ2v) is 6.87. The van der Waals surface area contributed by atoms with Gasteiger partial charge in [-0.25, -0.2) is 4.99 Å². The Morgan fingerprint density at radius 1 is 1.20 bits per heavy atom. The number of unbranched alkanes of at least 4 members (excludes halogenated alkanes) is 1. The van der Waals surface area contributed by atoms with E-state index in [1.807, 2.05) is 49.1 Å². The maximum absolute atomic E-state index is 11.8. The third-order valence-corrected chi connectivity index (χ3v) is 4.73. The van der Waals surface area contributed by atoms with E-state index < -0.39 is 0 Å². The smallest absolute Gasteiger partial charge is 0.222 e. The molecule has 0 saturated heterocycles. The molecule has 0 aliphatic carbocycles. The Labute approximate surface area is 177 Å². The Kier molecular flexibility index (Phi) is 8.64. The van der Waals surface area contributed by atoms with E-state index in [9.17, 15) is 10.1 Å². The third-order valence-electron chi connectivity index (χ3n) is 4.73. The number of aliphatic imine (C=N–C) groups is 1. The highest BCUT2D eigenvalue weighted by molar-refractivity contribution is 6.28. The van der Waals surface area contributed by atoms with Crippen molar-refractivity contribution in [1.29, 1.82) is 16.1 Å². The van der Waals surface area contributed by atoms with Gasteiger partial charge in [-0.15, -0.1) is 0 Å². The van der Waals surface area contributed by atoms with Crippen LogP contribution < -0.4 is 0 Å². The first-order chi connectivity index (χ1) is 14.5. The lowest BCUT2D eigenvalue weighted by molar-refractivity contribution is -0.131. The minimum absolute atomic E-state index is 0.0171. The van der Waals surface area contributed by atoms with E-state index in [1.165, 1.54) is 11.1 Å². The fourth-order valence-electron chi connectivity index (χ4n) is 3.12. The zero-order valence-electron chi connectivity index (χ0n) is 17.5. The van der Waals surface area contributed by atoms with Gasteiger partial charge < -0.3 is 10.3 Å². The molecule has 0 saturated carbocycles. The number of amides is 1. The quantitative estimate of drug-likeness (QED) is 0.546. The highest BCUT2D eigenvalue weighted by Gasteiger charge is 2.22. The van der Waals surface area contributed by atoms with Crippen molar-refractivity contribution < 1.29 is 4.79 Å². The summed E-state index contributed by atoms with van der Waals surface area (Å²) in [5.74, 6) is 0.202. The van der Waals surface area contributed by atoms with Gasteiger partial charge in [-0.1, -0.05) is 50.6 Å². The summed E-state index contributed by atoms with van der Waals surface area (Å²) in [5.41, 5.74) is 5.05. The van der Waals surface area contributed by atoms with Crippen molar-refractivity contribution in [3.8, 4) is 17.2 Å². The summed E-state index contributed by atoms with van der Waals surface area (Å²) < 4.78 is 0. The van der Waals surface area contributed by atoms with Crippen LogP contribution in [0.4, 0.5) is 0 Å². The van der Waals surface area contributed by atoms with Gasteiger partial charge in [-0.2, -0.15) is 5.26 Å². The molecule has 1 heterocycles. The molecule has 0 bridgehead atoms. The molecule has 1 amide bonds. The van der Waals surface area contributed by atoms with Crippen LogP contribution >= 0.6 is 0 Å². The van der Waals surface area contributed by atoms with E-state index in [0.717, 1.165) is 30.2 Å². The Morgan fingerprint density at radius 3 is 2.60 bits per heavy atom. The highest BCUT2D eigenvalue weighted by atomic mass is 16.2. The molecule has 0 unspecified atom stereocenters. The van der Waals surface area contributed by atoms with Crippen LogP contribution in [0.2, 0.25) is 0 Å². The molecule has 2 N–H and O–H groups in total. The zero-order valence-corrected chi connectivity index (χ0v) is 17.5. The van der Waals surface area contributed by atoms with Crippen molar-refractivity contribution in [2.45, 2.75) is 46.2 Å². The van der Waals surface area contributed by atoms with E-state index in [2.05, 4.69) is 23.2 Å². The van der Waals surface area contributed by atoms with Gasteiger partial charge in [0.05, 0.1) is 17.8 Å². The number of nitrogens with one attached hydrogen (secondary N) is 2. The molecule has 0 atom stereocenters. The number of nitrogens with zero attached hydrogens (tertiary/aromatic N) is 3. The molecule has 1 aliphatic rings. The van der Waals surface area contributed by atoms with Crippen LogP contribution in [0.25, 0.3) is 11.1 Å². The number of nitriles is 1. The van der Waals surface area contributed by atoms with Crippen LogP contribution in [0, 0.1) is 22.1 Å². The number of amidine groups is 1. The molecular formula is C24H27N5O. The van der Waals surface area contributed by atoms with E-state index in [0.29, 0.717) is 25.1 Å². The summed E-state index contributed by atoms with van der Waals surface area (Å²) in [6.45, 7) is 5.30. The number of carbonyl (C=O) groups excluding carboxylic acids is 1. The lowest BCUT2D eigenvalue weighted by Gasteiger charge is -2.13. The monoisotopic (exact) mass is 401 g/mol. The SMILES string of the molecule is CCC(=O)N1Cc2ccc(-c3ccccc3C#N)cc2C1.CCCC=NC(=N)C=N. The predicted octanol–water partition coefficient (Wildman–Crippen LogP) is 4.96. The molecule has 2 aromatic rings. The van der Waals surface area contributed by atoms with E-state index in [-0.39, 0.29) is 11.7 Å². The van der Waals surface area contributed by atoms with Gasteiger partial charge in [0.2, 0.25) is 5.91 Å². The number of hydrogen-bond acceptors (Lipinski definition) is 4. The molecule has 6 nitrogen and oxygen atoms in total. The van der Waals surface area contributed by atoms with Crippen LogP contribution in [0.15, 0.2) is 47.5 Å². The first-order valence-corrected chi connectivity index (χ1v) is 10.0. The van der Waals surface area contributed by atoms with E-state index in [1.54, 1.807) is 6.21 Å². The maximum atomic E-state index is 11.8. The Morgan fingerprint density at radius 2 is 1.93 bits per heavy atom. The van der Waals surface area contributed by atoms with Crippen LogP contribution in [0.3, 0.4) is 0 Å². The number of hydrogen-bond donors (Lipinski definition) is 2. The normalized spacial score (nSPS) is 12.0. The summed E-state index contributed by atoms with van der Waals surface area (Å²) in [5, 5.41) is 22.7. The standard InChI is InChI=1S/C18H16N2O.C6H11N3/c1-2-18(21)20-11-15-8-7-13(9-16(15)12-20)17-6-4-3-5-14(17)10-19;1-2-3-4-9-6(8)5-7/h3-9H,2,11-12H2,1H3;4-5,7-8H,2-3H2,1H3. The van der Waals surface area contributed by atoms with Gasteiger partial charge in [-0.3, -0.25) is 10.2 Å². The molecule has 1 aliphatic heterocycles. The minimum atomic E-state index is 0.0171. The fourth-order valence-corrected chi connectivity index (χ4v) is 3.12. The topological polar surface area (TPSA) is 104 Å². The van der Waals surface area contributed by atoms with Gasteiger partial charge in [0.1, 0.15) is 0 Å². The Bertz CT molecular complexity index is 987. The van der Waals surface area contributed by atoms with Crippen molar-refractivity contribution >= 4 is 24.2 Å². The summed E-state index contributed by atoms with van der Waals surface area (Å²) in [4.78, 5) is 17.3. The summed E-state index contributed by atoms with van der Waals surface area (Å²) >= 11 is 0. The van der Waals surface area contributed by atoms with Gasteiger partial charge in [0.25, 0.3) is 0 Å². The zero-order chi connectivity index (χ0) is 21.9. The van der Waals surface area contributed by atoms with Crippen molar-refractivity contribution in [2.75, 3.05) is 0 Å². The number of fused-ring (bicyclic) bond motifs is 1. The van der Waals surface area contributed by atoms with Crippen LogP contribution in [0.5, 0.6) is 0 Å². The molecule has 0 fully saturated rings. The molecule has 0 spiro atoms. The molecule has 6 heteroatoms. The molecule has 154 valence electrons. The van der Waals surface area contributed by atoms with Crippen molar-refractivity contribution in [1.82, 2.24) is 4.90 Å². The first kappa shape index (κ1) is 22.7. The summed E-state index contributed by atoms with van der Waals surface area (Å²) in [7, 11) is 0. The number of carbonyl (C=O) groups is 1. The largest absolute Gasteiger partial charge is 0.334 e. The molecule has 0 radical (unpaired) electrons. The molecule has 2 aromatic carbocycles.